The van der Waals surface area contributed by atoms with Crippen LogP contribution in [0.5, 0.6) is 5.75 Å². The summed E-state index contributed by atoms with van der Waals surface area (Å²) in [4.78, 5) is 41.4. The van der Waals surface area contributed by atoms with Crippen molar-refractivity contribution in [1.29, 1.82) is 0 Å². The highest BCUT2D eigenvalue weighted by Gasteiger charge is 2.46. The van der Waals surface area contributed by atoms with E-state index >= 15 is 0 Å². The topological polar surface area (TPSA) is 87.2 Å². The Balaban J connectivity index is 2.11. The van der Waals surface area contributed by atoms with Gasteiger partial charge in [-0.15, -0.1) is 0 Å². The maximum Gasteiger partial charge on any atom is 0.308 e. The fraction of sp³-hybridized carbons (Fsp3) is 0.370. The Labute approximate surface area is 200 Å². The highest BCUT2D eigenvalue weighted by molar-refractivity contribution is 6.46. The number of hydrogen-bond acceptors (Lipinski definition) is 6. The Hall–Kier alpha value is -3.45. The minimum Gasteiger partial charge on any atom is -0.507 e. The third kappa shape index (κ3) is 5.37. The molecule has 1 amide bonds. The standard InChI is InChI=1S/C27H32N2O5/c1-5-19-11-13-20(14-12-19)25(31)23-24(21-9-8-10-22(17-21)34-18(4)30)29(27(33)26(23)32)16-15-28(6-2)7-3/h8-14,17,24,31H,5-7,15-16H2,1-4H3/b25-23-. The second-order valence-electron chi connectivity index (χ2n) is 8.24. The molecule has 1 N–H and O–H groups in total. The number of carbonyl (C=O) groups excluding carboxylic acids is 3. The van der Waals surface area contributed by atoms with Crippen LogP contribution in [0.15, 0.2) is 54.1 Å². The molecule has 1 unspecified atom stereocenters. The predicted octanol–water partition coefficient (Wildman–Crippen LogP) is 3.94. The maximum absolute atomic E-state index is 13.2. The Morgan fingerprint density at radius 1 is 1.06 bits per heavy atom. The van der Waals surface area contributed by atoms with Crippen LogP contribution in [0.25, 0.3) is 5.76 Å². The van der Waals surface area contributed by atoms with Crippen molar-refractivity contribution in [2.75, 3.05) is 26.2 Å². The van der Waals surface area contributed by atoms with Crippen LogP contribution in [0.4, 0.5) is 0 Å². The first-order valence-corrected chi connectivity index (χ1v) is 11.7. The van der Waals surface area contributed by atoms with Gasteiger partial charge in [0.15, 0.2) is 0 Å². The van der Waals surface area contributed by atoms with E-state index in [1.54, 1.807) is 36.4 Å². The number of Topliss-reactive ketones (excluding diaryl/α,β-unsaturated/α-hetero) is 1. The van der Waals surface area contributed by atoms with Crippen LogP contribution in [0, 0.1) is 0 Å². The molecule has 7 nitrogen and oxygen atoms in total. The van der Waals surface area contributed by atoms with Crippen molar-refractivity contribution >= 4 is 23.4 Å². The lowest BCUT2D eigenvalue weighted by Crippen LogP contribution is -2.38. The molecule has 1 fully saturated rings. The number of hydrogen-bond donors (Lipinski definition) is 1. The monoisotopic (exact) mass is 464 g/mol. The number of aliphatic hydroxyl groups is 1. The average molecular weight is 465 g/mol. The summed E-state index contributed by atoms with van der Waals surface area (Å²) in [7, 11) is 0. The maximum atomic E-state index is 13.2. The van der Waals surface area contributed by atoms with Gasteiger partial charge in [0.1, 0.15) is 11.5 Å². The summed E-state index contributed by atoms with van der Waals surface area (Å²) in [6.07, 6.45) is 0.847. The molecule has 1 aliphatic rings. The smallest absolute Gasteiger partial charge is 0.308 e. The van der Waals surface area contributed by atoms with E-state index in [0.717, 1.165) is 25.1 Å². The van der Waals surface area contributed by atoms with Crippen molar-refractivity contribution in [2.24, 2.45) is 0 Å². The molecule has 0 bridgehead atoms. The molecule has 180 valence electrons. The van der Waals surface area contributed by atoms with Crippen LogP contribution in [-0.2, 0) is 20.8 Å². The van der Waals surface area contributed by atoms with E-state index in [1.807, 2.05) is 32.9 Å². The van der Waals surface area contributed by atoms with Crippen molar-refractivity contribution in [3.05, 3.63) is 70.8 Å². The number of carbonyl (C=O) groups is 3. The van der Waals surface area contributed by atoms with Crippen molar-refractivity contribution in [3.8, 4) is 5.75 Å². The number of aliphatic hydroxyl groups excluding tert-OH is 1. The molecule has 0 aromatic heterocycles. The van der Waals surface area contributed by atoms with Crippen LogP contribution in [-0.4, -0.2) is 58.7 Å². The lowest BCUT2D eigenvalue weighted by molar-refractivity contribution is -0.140. The molecule has 2 aromatic carbocycles. The SMILES string of the molecule is CCc1ccc(/C(O)=C2/C(=O)C(=O)N(CCN(CC)CC)C2c2cccc(OC(C)=O)c2)cc1. The van der Waals surface area contributed by atoms with E-state index in [2.05, 4.69) is 4.90 Å². The first kappa shape index (κ1) is 25.2. The molecule has 1 aliphatic heterocycles. The molecule has 2 aromatic rings. The molecule has 0 radical (unpaired) electrons. The number of likely N-dealkylation sites (N-methyl/N-ethyl adjacent to an activating group) is 1. The Morgan fingerprint density at radius 3 is 2.32 bits per heavy atom. The van der Waals surface area contributed by atoms with Crippen LogP contribution >= 0.6 is 0 Å². The van der Waals surface area contributed by atoms with E-state index < -0.39 is 23.7 Å². The third-order valence-electron chi connectivity index (χ3n) is 6.16. The van der Waals surface area contributed by atoms with Crippen molar-refractivity contribution in [1.82, 2.24) is 9.80 Å². The van der Waals surface area contributed by atoms with E-state index in [-0.39, 0.29) is 11.3 Å². The van der Waals surface area contributed by atoms with Gasteiger partial charge in [0.05, 0.1) is 11.6 Å². The number of aryl methyl sites for hydroxylation is 1. The molecule has 0 aliphatic carbocycles. The summed E-state index contributed by atoms with van der Waals surface area (Å²) in [6.45, 7) is 9.96. The summed E-state index contributed by atoms with van der Waals surface area (Å²) in [5, 5.41) is 11.2. The molecule has 1 atom stereocenters. The van der Waals surface area contributed by atoms with Crippen molar-refractivity contribution in [3.63, 3.8) is 0 Å². The number of amides is 1. The zero-order valence-corrected chi connectivity index (χ0v) is 20.2. The number of likely N-dealkylation sites (tertiary alicyclic amines) is 1. The second-order valence-corrected chi connectivity index (χ2v) is 8.24. The van der Waals surface area contributed by atoms with Crippen LogP contribution in [0.1, 0.15) is 50.4 Å². The largest absolute Gasteiger partial charge is 0.507 e. The number of rotatable bonds is 9. The molecule has 1 heterocycles. The summed E-state index contributed by atoms with van der Waals surface area (Å²) >= 11 is 0. The van der Waals surface area contributed by atoms with Gasteiger partial charge in [-0.3, -0.25) is 14.4 Å². The summed E-state index contributed by atoms with van der Waals surface area (Å²) in [5.74, 6) is -1.74. The highest BCUT2D eigenvalue weighted by Crippen LogP contribution is 2.40. The fourth-order valence-corrected chi connectivity index (χ4v) is 4.21. The summed E-state index contributed by atoms with van der Waals surface area (Å²) in [5.41, 5.74) is 2.19. The zero-order chi connectivity index (χ0) is 24.8. The minimum atomic E-state index is -0.795. The van der Waals surface area contributed by atoms with Crippen molar-refractivity contribution in [2.45, 2.75) is 40.2 Å². The predicted molar refractivity (Wildman–Crippen MR) is 130 cm³/mol. The highest BCUT2D eigenvalue weighted by atomic mass is 16.5. The van der Waals surface area contributed by atoms with Gasteiger partial charge < -0.3 is 19.6 Å². The molecule has 34 heavy (non-hydrogen) atoms. The first-order valence-electron chi connectivity index (χ1n) is 11.7. The zero-order valence-electron chi connectivity index (χ0n) is 20.2. The van der Waals surface area contributed by atoms with Gasteiger partial charge in [-0.25, -0.2) is 0 Å². The number of nitrogens with zero attached hydrogens (tertiary/aromatic N) is 2. The van der Waals surface area contributed by atoms with Gasteiger partial charge in [0.25, 0.3) is 11.7 Å². The summed E-state index contributed by atoms with van der Waals surface area (Å²) < 4.78 is 5.23. The minimum absolute atomic E-state index is 0.0359. The lowest BCUT2D eigenvalue weighted by atomic mass is 9.94. The van der Waals surface area contributed by atoms with Crippen molar-refractivity contribution < 1.29 is 24.2 Å². The quantitative estimate of drug-likeness (QED) is 0.199. The van der Waals surface area contributed by atoms with E-state index in [4.69, 9.17) is 4.74 Å². The number of benzene rings is 2. The normalized spacial score (nSPS) is 17.4. The summed E-state index contributed by atoms with van der Waals surface area (Å²) in [6, 6.07) is 13.2. The molecule has 7 heteroatoms. The lowest BCUT2D eigenvalue weighted by Gasteiger charge is -2.28. The van der Waals surface area contributed by atoms with E-state index in [9.17, 15) is 19.5 Å². The number of ketones is 1. The fourth-order valence-electron chi connectivity index (χ4n) is 4.21. The first-order chi connectivity index (χ1) is 16.3. The van der Waals surface area contributed by atoms with Gasteiger partial charge in [-0.05, 0) is 42.8 Å². The number of esters is 1. The second kappa shape index (κ2) is 11.1. The molecular formula is C27H32N2O5. The molecule has 1 saturated heterocycles. The van der Waals surface area contributed by atoms with Gasteiger partial charge in [0, 0.05) is 25.6 Å². The molecule has 0 saturated carbocycles. The van der Waals surface area contributed by atoms with E-state index in [0.29, 0.717) is 30.0 Å². The van der Waals surface area contributed by atoms with Gasteiger partial charge in [-0.2, -0.15) is 0 Å². The van der Waals surface area contributed by atoms with Gasteiger partial charge in [0.2, 0.25) is 0 Å². The van der Waals surface area contributed by atoms with Gasteiger partial charge in [-0.1, -0.05) is 57.2 Å². The molecule has 0 spiro atoms. The van der Waals surface area contributed by atoms with Gasteiger partial charge >= 0.3 is 5.97 Å². The van der Waals surface area contributed by atoms with Crippen LogP contribution < -0.4 is 4.74 Å². The Bertz CT molecular complexity index is 1090. The Morgan fingerprint density at radius 2 is 1.74 bits per heavy atom. The Kier molecular flexibility index (Phi) is 8.23. The third-order valence-corrected chi connectivity index (χ3v) is 6.16. The molecule has 3 rings (SSSR count). The average Bonchev–Trinajstić information content (AvgIpc) is 3.09. The number of ether oxygens (including phenoxy) is 1. The molecular weight excluding hydrogens is 432 g/mol. The van der Waals surface area contributed by atoms with Crippen LogP contribution in [0.2, 0.25) is 0 Å². The van der Waals surface area contributed by atoms with E-state index in [1.165, 1.54) is 11.8 Å². The van der Waals surface area contributed by atoms with Crippen LogP contribution in [0.3, 0.4) is 0 Å².